The molecule has 1 heterocycles. The fourth-order valence-electron chi connectivity index (χ4n) is 1.43. The van der Waals surface area contributed by atoms with Crippen molar-refractivity contribution in [1.82, 2.24) is 14.4 Å². The third-order valence-corrected chi connectivity index (χ3v) is 2.54. The van der Waals surface area contributed by atoms with Gasteiger partial charge in [-0.2, -0.15) is 0 Å². The smallest absolute Gasteiger partial charge is 0.836 e. The van der Waals surface area contributed by atoms with Gasteiger partial charge in [-0.25, -0.2) is 0 Å². The van der Waals surface area contributed by atoms with Crippen molar-refractivity contribution in [2.24, 2.45) is 7.05 Å². The molecule has 1 unspecified atom stereocenters. The third-order valence-electron chi connectivity index (χ3n) is 2.54. The van der Waals surface area contributed by atoms with Gasteiger partial charge in [0.1, 0.15) is 0 Å². The number of rotatable bonds is 5. The normalized spacial score (nSPS) is 12.9. The van der Waals surface area contributed by atoms with E-state index in [0.717, 1.165) is 18.8 Å². The van der Waals surface area contributed by atoms with Crippen LogP contribution in [0.15, 0.2) is 18.3 Å². The molecule has 1 aromatic rings. The molecule has 1 rings (SSSR count). The van der Waals surface area contributed by atoms with E-state index in [-0.39, 0.29) is 18.9 Å². The Labute approximate surface area is 110 Å². The maximum absolute atomic E-state index is 12.0. The summed E-state index contributed by atoms with van der Waals surface area (Å²) >= 11 is 0. The molecule has 0 fully saturated rings. The van der Waals surface area contributed by atoms with E-state index in [0.29, 0.717) is 0 Å². The Hall–Kier alpha value is -0.243. The number of hydrogen-bond donors (Lipinski definition) is 0. The molecule has 0 aromatic carbocycles. The minimum atomic E-state index is -0.773. The van der Waals surface area contributed by atoms with Crippen molar-refractivity contribution in [3.8, 4) is 0 Å². The van der Waals surface area contributed by atoms with Crippen LogP contribution in [0.25, 0.3) is 0 Å². The van der Waals surface area contributed by atoms with Gasteiger partial charge in [-0.3, -0.25) is 0 Å². The van der Waals surface area contributed by atoms with Crippen molar-refractivity contribution in [1.29, 1.82) is 0 Å². The molecule has 0 aliphatic heterocycles. The first-order valence-corrected chi connectivity index (χ1v) is 5.14. The predicted molar refractivity (Wildman–Crippen MR) is 59.3 cm³/mol. The van der Waals surface area contributed by atoms with Crippen molar-refractivity contribution >= 4 is 0 Å². The van der Waals surface area contributed by atoms with Gasteiger partial charge in [-0.1, -0.05) is 0 Å². The van der Waals surface area contributed by atoms with Crippen LogP contribution < -0.4 is 24.0 Å². The van der Waals surface area contributed by atoms with Crippen LogP contribution in [0.3, 0.4) is 0 Å². The Morgan fingerprint density at radius 1 is 1.31 bits per heavy atom. The van der Waals surface area contributed by atoms with Gasteiger partial charge in [0.15, 0.2) is 0 Å². The third kappa shape index (κ3) is 4.32. The van der Waals surface area contributed by atoms with Crippen LogP contribution in [0.1, 0.15) is 11.9 Å². The largest absolute Gasteiger partial charge is 1.00 e. The Morgan fingerprint density at radius 2 is 1.94 bits per heavy atom. The van der Waals surface area contributed by atoms with Crippen LogP contribution in [0, 0.1) is 0 Å². The molecule has 5 heteroatoms. The zero-order chi connectivity index (χ0) is 11.4. The molecular formula is C11H20LiN3O. The predicted octanol–water partition coefficient (Wildman–Crippen LogP) is -3.12. The summed E-state index contributed by atoms with van der Waals surface area (Å²) in [5.41, 5.74) is 0.816. The zero-order valence-corrected chi connectivity index (χ0v) is 11.0. The van der Waals surface area contributed by atoms with Gasteiger partial charge in [-0.15, -0.1) is 0 Å². The fourth-order valence-corrected chi connectivity index (χ4v) is 1.43. The van der Waals surface area contributed by atoms with Crippen molar-refractivity contribution in [3.63, 3.8) is 0 Å². The molecule has 0 saturated heterocycles. The molecule has 0 saturated carbocycles. The Kier molecular flexibility index (Phi) is 7.05. The second-order valence-corrected chi connectivity index (χ2v) is 4.18. The number of hydrogen-bond acceptors (Lipinski definition) is 3. The Balaban J connectivity index is 0.00000225. The fraction of sp³-hybridized carbons (Fsp3) is 0.636. The molecular weight excluding hydrogens is 197 g/mol. The molecule has 0 radical (unpaired) electrons. The van der Waals surface area contributed by atoms with Crippen molar-refractivity contribution in [3.05, 3.63) is 24.0 Å². The summed E-state index contributed by atoms with van der Waals surface area (Å²) in [6.45, 7) is 1.69. The van der Waals surface area contributed by atoms with Crippen LogP contribution in [0.2, 0.25) is 0 Å². The molecule has 0 bridgehead atoms. The SMILES string of the molecule is CN(C)CCN(C)C([O-])c1cccn1C.[Li+]. The van der Waals surface area contributed by atoms with Gasteiger partial charge in [0.2, 0.25) is 0 Å². The maximum atomic E-state index is 12.0. The molecule has 86 valence electrons. The van der Waals surface area contributed by atoms with E-state index in [2.05, 4.69) is 4.90 Å². The quantitative estimate of drug-likeness (QED) is 0.387. The molecule has 0 spiro atoms. The van der Waals surface area contributed by atoms with Gasteiger partial charge in [-0.05, 0) is 39.5 Å². The van der Waals surface area contributed by atoms with E-state index in [9.17, 15) is 5.11 Å². The monoisotopic (exact) mass is 217 g/mol. The summed E-state index contributed by atoms with van der Waals surface area (Å²) in [5.74, 6) is 0. The van der Waals surface area contributed by atoms with Crippen molar-refractivity contribution in [2.45, 2.75) is 6.23 Å². The van der Waals surface area contributed by atoms with E-state index >= 15 is 0 Å². The van der Waals surface area contributed by atoms with Gasteiger partial charge >= 0.3 is 18.9 Å². The number of likely N-dealkylation sites (N-methyl/N-ethyl adjacent to an activating group) is 2. The van der Waals surface area contributed by atoms with E-state index in [1.165, 1.54) is 0 Å². The Bertz CT molecular complexity index is 301. The second kappa shape index (κ2) is 7.16. The number of aromatic nitrogens is 1. The first-order valence-electron chi connectivity index (χ1n) is 5.14. The van der Waals surface area contributed by atoms with Crippen LogP contribution in [-0.2, 0) is 7.05 Å². The maximum Gasteiger partial charge on any atom is 1.00 e. The minimum absolute atomic E-state index is 0. The second-order valence-electron chi connectivity index (χ2n) is 4.18. The standard InChI is InChI=1S/C11H20N3O.Li/c1-12(2)8-9-14(4)11(15)10-6-5-7-13(10)3;/h5-7,11H,8-9H2,1-4H3;/q-1;+1. The van der Waals surface area contributed by atoms with Gasteiger partial charge < -0.3 is 19.5 Å². The minimum Gasteiger partial charge on any atom is -0.836 e. The van der Waals surface area contributed by atoms with Crippen molar-refractivity contribution < 1.29 is 24.0 Å². The summed E-state index contributed by atoms with van der Waals surface area (Å²) in [4.78, 5) is 3.91. The van der Waals surface area contributed by atoms with E-state index < -0.39 is 6.23 Å². The number of nitrogens with zero attached hydrogens (tertiary/aromatic N) is 3. The molecule has 0 N–H and O–H groups in total. The molecule has 1 atom stereocenters. The van der Waals surface area contributed by atoms with Gasteiger partial charge in [0.05, 0.1) is 0 Å². The van der Waals surface area contributed by atoms with Crippen molar-refractivity contribution in [2.75, 3.05) is 34.2 Å². The molecule has 4 nitrogen and oxygen atoms in total. The molecule has 0 amide bonds. The molecule has 0 aliphatic carbocycles. The Morgan fingerprint density at radius 3 is 2.38 bits per heavy atom. The average Bonchev–Trinajstić information content (AvgIpc) is 2.59. The van der Waals surface area contributed by atoms with Crippen LogP contribution in [0.4, 0.5) is 0 Å². The summed E-state index contributed by atoms with van der Waals surface area (Å²) in [6.07, 6.45) is 1.13. The summed E-state index contributed by atoms with van der Waals surface area (Å²) in [7, 11) is 7.79. The molecule has 16 heavy (non-hydrogen) atoms. The van der Waals surface area contributed by atoms with Gasteiger partial charge in [0.25, 0.3) is 0 Å². The first kappa shape index (κ1) is 15.8. The number of aryl methyl sites for hydroxylation is 1. The molecule has 1 aromatic heterocycles. The van der Waals surface area contributed by atoms with E-state index in [4.69, 9.17) is 0 Å². The average molecular weight is 217 g/mol. The van der Waals surface area contributed by atoms with Crippen LogP contribution in [0.5, 0.6) is 0 Å². The van der Waals surface area contributed by atoms with E-state index in [1.54, 1.807) is 0 Å². The van der Waals surface area contributed by atoms with E-state index in [1.807, 2.05) is 56.0 Å². The van der Waals surface area contributed by atoms with Gasteiger partial charge in [0, 0.05) is 32.0 Å². The summed E-state index contributed by atoms with van der Waals surface area (Å²) in [6, 6.07) is 3.78. The van der Waals surface area contributed by atoms with Crippen LogP contribution in [-0.4, -0.2) is 48.6 Å². The summed E-state index contributed by atoms with van der Waals surface area (Å²) in [5, 5.41) is 12.0. The van der Waals surface area contributed by atoms with Crippen LogP contribution >= 0.6 is 0 Å². The zero-order valence-electron chi connectivity index (χ0n) is 11.0. The summed E-state index contributed by atoms with van der Waals surface area (Å²) < 4.78 is 1.88. The molecule has 0 aliphatic rings. The topological polar surface area (TPSA) is 34.5 Å². The first-order chi connectivity index (χ1) is 7.02.